The summed E-state index contributed by atoms with van der Waals surface area (Å²) in [6, 6.07) is 15.2. The number of hydrogen-bond donors (Lipinski definition) is 2. The van der Waals surface area contributed by atoms with Gasteiger partial charge in [-0.1, -0.05) is 60.7 Å². The fourth-order valence-electron chi connectivity index (χ4n) is 5.34. The Morgan fingerprint density at radius 2 is 1.76 bits per heavy atom. The van der Waals surface area contributed by atoms with Gasteiger partial charge in [-0.2, -0.15) is 0 Å². The van der Waals surface area contributed by atoms with Gasteiger partial charge in [0.25, 0.3) is 0 Å². The Bertz CT molecular complexity index is 1170. The summed E-state index contributed by atoms with van der Waals surface area (Å²) in [6.07, 6.45) is 9.81. The molecule has 176 valence electrons. The van der Waals surface area contributed by atoms with Crippen LogP contribution in [0.4, 0.5) is 4.79 Å². The van der Waals surface area contributed by atoms with Crippen LogP contribution in [-0.2, 0) is 24.2 Å². The average Bonchev–Trinajstić information content (AvgIpc) is 3.25. The molecule has 4 atom stereocenters. The Morgan fingerprint density at radius 3 is 2.53 bits per heavy atom. The Balaban J connectivity index is 1.45. The lowest BCUT2D eigenvalue weighted by Gasteiger charge is -2.46. The second kappa shape index (κ2) is 8.76. The maximum absolute atomic E-state index is 14.0. The zero-order chi connectivity index (χ0) is 23.9. The van der Waals surface area contributed by atoms with Gasteiger partial charge in [-0.3, -0.25) is 9.69 Å². The molecule has 2 unspecified atom stereocenters. The van der Waals surface area contributed by atoms with Gasteiger partial charge in [-0.15, -0.1) is 0 Å². The fraction of sp³-hybridized carbons (Fsp3) is 0.357. The van der Waals surface area contributed by atoms with Crippen molar-refractivity contribution in [1.29, 1.82) is 0 Å². The Hall–Kier alpha value is -3.38. The van der Waals surface area contributed by atoms with Crippen molar-refractivity contribution in [3.63, 3.8) is 0 Å². The molecule has 0 fully saturated rings. The van der Waals surface area contributed by atoms with Crippen LogP contribution in [-0.4, -0.2) is 39.4 Å². The van der Waals surface area contributed by atoms with Crippen LogP contribution in [0.25, 0.3) is 0 Å². The highest BCUT2D eigenvalue weighted by atomic mass is 16.2. The van der Waals surface area contributed by atoms with Crippen LogP contribution in [0.5, 0.6) is 0 Å². The lowest BCUT2D eigenvalue weighted by atomic mass is 9.89. The van der Waals surface area contributed by atoms with E-state index in [0.29, 0.717) is 13.0 Å². The first-order valence-corrected chi connectivity index (χ1v) is 12.0. The summed E-state index contributed by atoms with van der Waals surface area (Å²) >= 11 is 0. The molecular formula is C28H32N4O2. The van der Waals surface area contributed by atoms with E-state index in [2.05, 4.69) is 23.5 Å². The number of rotatable bonds is 3. The molecular weight excluding hydrogens is 424 g/mol. The molecule has 6 nitrogen and oxygen atoms in total. The predicted octanol–water partition coefficient (Wildman–Crippen LogP) is 3.83. The molecule has 3 aliphatic rings. The molecule has 6 heteroatoms. The molecule has 2 heterocycles. The second-order valence-electron chi connectivity index (χ2n) is 9.78. The van der Waals surface area contributed by atoms with Crippen molar-refractivity contribution >= 4 is 11.9 Å². The summed E-state index contributed by atoms with van der Waals surface area (Å²) in [7, 11) is 0. The topological polar surface area (TPSA) is 78.7 Å². The Labute approximate surface area is 201 Å². The minimum absolute atomic E-state index is 0.0232. The average molecular weight is 457 g/mol. The molecule has 2 aliphatic heterocycles. The minimum Gasteiger partial charge on any atom is -0.347 e. The molecule has 0 spiro atoms. The molecule has 0 saturated heterocycles. The van der Waals surface area contributed by atoms with E-state index in [1.54, 1.807) is 16.0 Å². The highest BCUT2D eigenvalue weighted by Crippen LogP contribution is 2.33. The summed E-state index contributed by atoms with van der Waals surface area (Å²) in [5.41, 5.74) is 10.3. The van der Waals surface area contributed by atoms with Crippen LogP contribution in [0.1, 0.15) is 48.6 Å². The number of fused-ring (bicyclic) bond motifs is 2. The maximum Gasteiger partial charge on any atom is 0.325 e. The van der Waals surface area contributed by atoms with Gasteiger partial charge >= 0.3 is 6.03 Å². The van der Waals surface area contributed by atoms with Crippen molar-refractivity contribution in [2.75, 3.05) is 0 Å². The number of carbonyl (C=O) groups excluding carboxylic acids is 2. The Morgan fingerprint density at radius 1 is 1.06 bits per heavy atom. The van der Waals surface area contributed by atoms with Gasteiger partial charge in [-0.05, 0) is 55.0 Å². The van der Waals surface area contributed by atoms with E-state index in [0.717, 1.165) is 24.0 Å². The first kappa shape index (κ1) is 22.4. The molecule has 5 rings (SSSR count). The molecule has 34 heavy (non-hydrogen) atoms. The molecule has 2 aromatic rings. The second-order valence-corrected chi connectivity index (χ2v) is 9.78. The molecule has 0 aromatic heterocycles. The third-order valence-electron chi connectivity index (χ3n) is 7.67. The lowest BCUT2D eigenvalue weighted by molar-refractivity contribution is -0.127. The van der Waals surface area contributed by atoms with E-state index in [4.69, 9.17) is 5.73 Å². The number of aryl methyl sites for hydroxylation is 1. The van der Waals surface area contributed by atoms with Crippen molar-refractivity contribution in [1.82, 2.24) is 15.1 Å². The predicted molar refractivity (Wildman–Crippen MR) is 133 cm³/mol. The number of urea groups is 1. The zero-order valence-corrected chi connectivity index (χ0v) is 19.8. The van der Waals surface area contributed by atoms with Crippen molar-refractivity contribution in [3.05, 3.63) is 95.2 Å². The fourth-order valence-corrected chi connectivity index (χ4v) is 5.34. The number of allylic oxidation sites excluding steroid dienone is 2. The van der Waals surface area contributed by atoms with Gasteiger partial charge in [0, 0.05) is 25.2 Å². The monoisotopic (exact) mass is 456 g/mol. The van der Waals surface area contributed by atoms with E-state index in [1.165, 1.54) is 11.1 Å². The van der Waals surface area contributed by atoms with E-state index < -0.39 is 11.6 Å². The van der Waals surface area contributed by atoms with Gasteiger partial charge in [0.2, 0.25) is 5.91 Å². The summed E-state index contributed by atoms with van der Waals surface area (Å²) in [5, 5.41) is 3.26. The number of nitrogens with two attached hydrogens (primary N) is 1. The van der Waals surface area contributed by atoms with E-state index >= 15 is 0 Å². The molecule has 0 bridgehead atoms. The third-order valence-corrected chi connectivity index (χ3v) is 7.67. The van der Waals surface area contributed by atoms with E-state index in [1.807, 2.05) is 62.4 Å². The van der Waals surface area contributed by atoms with Crippen molar-refractivity contribution in [2.45, 2.75) is 63.3 Å². The quantitative estimate of drug-likeness (QED) is 0.737. The largest absolute Gasteiger partial charge is 0.347 e. The van der Waals surface area contributed by atoms with Crippen LogP contribution in [0, 0.1) is 0 Å². The summed E-state index contributed by atoms with van der Waals surface area (Å²) < 4.78 is 0. The van der Waals surface area contributed by atoms with E-state index in [9.17, 15) is 9.59 Å². The third kappa shape index (κ3) is 3.82. The number of hydrogen-bond acceptors (Lipinski definition) is 3. The van der Waals surface area contributed by atoms with Crippen molar-refractivity contribution in [3.8, 4) is 0 Å². The van der Waals surface area contributed by atoms with Crippen LogP contribution in [0.2, 0.25) is 0 Å². The molecule has 0 radical (unpaired) electrons. The smallest absolute Gasteiger partial charge is 0.325 e. The maximum atomic E-state index is 14.0. The van der Waals surface area contributed by atoms with Crippen LogP contribution < -0.4 is 11.1 Å². The Kier molecular flexibility index (Phi) is 5.78. The van der Waals surface area contributed by atoms with Gasteiger partial charge in [0.05, 0.1) is 11.6 Å². The number of benzene rings is 2. The summed E-state index contributed by atoms with van der Waals surface area (Å²) in [6.45, 7) is 4.24. The molecule has 0 saturated carbocycles. The normalized spacial score (nSPS) is 26.1. The summed E-state index contributed by atoms with van der Waals surface area (Å²) in [5.74, 6) is -0.108. The molecule has 2 aromatic carbocycles. The van der Waals surface area contributed by atoms with Gasteiger partial charge in [-0.25, -0.2) is 4.79 Å². The zero-order valence-electron chi connectivity index (χ0n) is 19.8. The first-order chi connectivity index (χ1) is 16.4. The minimum atomic E-state index is -0.672. The van der Waals surface area contributed by atoms with Crippen molar-refractivity contribution in [2.24, 2.45) is 5.73 Å². The standard InChI is InChI=1S/C28H32N4O2/c1-19(29)28(2)15-7-8-16-32(28)27(34)31-18-22-11-4-3-10-21(22)17-25(31)26(33)30-24-14-13-20-9-5-6-12-23(20)24/h3-12,15-16,19,24-25H,13-14,17-18,29H2,1-2H3,(H,30,33)/t19?,24-,25+,28?/m1/s1. The molecule has 3 amide bonds. The molecule has 3 N–H and O–H groups in total. The summed E-state index contributed by atoms with van der Waals surface area (Å²) in [4.78, 5) is 31.0. The SMILES string of the molecule is CC(N)C1(C)C=CC=CN1C(=O)N1Cc2ccccc2C[C@H]1C(=O)N[C@@H]1CCc2ccccc21. The van der Waals surface area contributed by atoms with Gasteiger partial charge in [0.15, 0.2) is 0 Å². The van der Waals surface area contributed by atoms with Crippen LogP contribution >= 0.6 is 0 Å². The highest BCUT2D eigenvalue weighted by molar-refractivity contribution is 5.89. The molecule has 1 aliphatic carbocycles. The van der Waals surface area contributed by atoms with Gasteiger partial charge in [0.1, 0.15) is 6.04 Å². The first-order valence-electron chi connectivity index (χ1n) is 12.0. The van der Waals surface area contributed by atoms with Crippen LogP contribution in [0.15, 0.2) is 73.0 Å². The van der Waals surface area contributed by atoms with Gasteiger partial charge < -0.3 is 16.0 Å². The van der Waals surface area contributed by atoms with Crippen molar-refractivity contribution < 1.29 is 9.59 Å². The van der Waals surface area contributed by atoms with Crippen LogP contribution in [0.3, 0.4) is 0 Å². The number of carbonyl (C=O) groups is 2. The number of nitrogens with one attached hydrogen (secondary N) is 1. The van der Waals surface area contributed by atoms with E-state index in [-0.39, 0.29) is 24.0 Å². The lowest BCUT2D eigenvalue weighted by Crippen LogP contribution is -2.62. The highest BCUT2D eigenvalue weighted by Gasteiger charge is 2.43. The number of nitrogens with zero attached hydrogens (tertiary/aromatic N) is 2. The number of amides is 3.